The molecule has 1 amide bonds. The van der Waals surface area contributed by atoms with Crippen LogP contribution in [0.25, 0.3) is 11.4 Å². The lowest BCUT2D eigenvalue weighted by atomic mass is 10.2. The number of nitrogens with one attached hydrogen (secondary N) is 1. The first-order valence-corrected chi connectivity index (χ1v) is 9.67. The van der Waals surface area contributed by atoms with E-state index in [2.05, 4.69) is 20.6 Å². The van der Waals surface area contributed by atoms with Crippen molar-refractivity contribution >= 4 is 35.0 Å². The van der Waals surface area contributed by atoms with Crippen molar-refractivity contribution in [2.45, 2.75) is 31.2 Å². The quantitative estimate of drug-likeness (QED) is 0.657. The summed E-state index contributed by atoms with van der Waals surface area (Å²) in [5.74, 6) is 0.552. The minimum absolute atomic E-state index is 0.110. The number of aromatic nitrogens is 5. The molecule has 0 aliphatic carbocycles. The molecule has 0 radical (unpaired) electrons. The maximum absolute atomic E-state index is 12.6. The van der Waals surface area contributed by atoms with Crippen LogP contribution in [0.2, 0.25) is 5.02 Å². The van der Waals surface area contributed by atoms with Crippen LogP contribution in [0.15, 0.2) is 29.4 Å². The summed E-state index contributed by atoms with van der Waals surface area (Å²) >= 11 is 7.60. The molecular weight excluding hydrogens is 384 g/mol. The Bertz CT molecular complexity index is 996. The van der Waals surface area contributed by atoms with Gasteiger partial charge in [-0.2, -0.15) is 5.10 Å². The fourth-order valence-corrected chi connectivity index (χ4v) is 3.72. The number of benzene rings is 1. The lowest BCUT2D eigenvalue weighted by molar-refractivity contribution is -0.115. The Hall–Kier alpha value is -2.32. The van der Waals surface area contributed by atoms with Gasteiger partial charge in [0, 0.05) is 19.7 Å². The van der Waals surface area contributed by atoms with Crippen molar-refractivity contribution in [3.05, 3.63) is 40.7 Å². The summed E-state index contributed by atoms with van der Waals surface area (Å²) in [4.78, 5) is 12.6. The van der Waals surface area contributed by atoms with Gasteiger partial charge in [-0.05, 0) is 32.9 Å². The normalized spacial score (nSPS) is 12.2. The van der Waals surface area contributed by atoms with Crippen molar-refractivity contribution in [2.75, 3.05) is 5.32 Å². The molecule has 0 saturated carbocycles. The zero-order valence-corrected chi connectivity index (χ0v) is 17.4. The number of hydrogen-bond acceptors (Lipinski definition) is 5. The van der Waals surface area contributed by atoms with E-state index >= 15 is 0 Å². The summed E-state index contributed by atoms with van der Waals surface area (Å²) in [7, 11) is 3.72. The number of anilines is 1. The smallest absolute Gasteiger partial charge is 0.237 e. The summed E-state index contributed by atoms with van der Waals surface area (Å²) in [5, 5.41) is 16.6. The van der Waals surface area contributed by atoms with Crippen LogP contribution in [-0.4, -0.2) is 35.7 Å². The first-order valence-electron chi connectivity index (χ1n) is 8.41. The van der Waals surface area contributed by atoms with E-state index < -0.39 is 0 Å². The molecular formula is C18H21ClN6OS. The van der Waals surface area contributed by atoms with Crippen molar-refractivity contribution in [1.29, 1.82) is 0 Å². The zero-order chi connectivity index (χ0) is 19.7. The highest BCUT2D eigenvalue weighted by Gasteiger charge is 2.22. The second kappa shape index (κ2) is 7.74. The first kappa shape index (κ1) is 19.4. The molecule has 0 spiro atoms. The second-order valence-electron chi connectivity index (χ2n) is 6.26. The fourth-order valence-electron chi connectivity index (χ4n) is 2.69. The van der Waals surface area contributed by atoms with Gasteiger partial charge in [-0.25, -0.2) is 0 Å². The lowest BCUT2D eigenvalue weighted by Gasteiger charge is -2.12. The van der Waals surface area contributed by atoms with E-state index in [0.29, 0.717) is 16.0 Å². The van der Waals surface area contributed by atoms with Gasteiger partial charge in [0.05, 0.1) is 27.3 Å². The van der Waals surface area contributed by atoms with Gasteiger partial charge < -0.3 is 9.88 Å². The summed E-state index contributed by atoms with van der Waals surface area (Å²) in [5.41, 5.74) is 3.27. The second-order valence-corrected chi connectivity index (χ2v) is 7.98. The minimum Gasteiger partial charge on any atom is -0.322 e. The van der Waals surface area contributed by atoms with E-state index in [0.717, 1.165) is 22.6 Å². The minimum atomic E-state index is -0.356. The van der Waals surface area contributed by atoms with Crippen LogP contribution < -0.4 is 5.32 Å². The van der Waals surface area contributed by atoms with Crippen LogP contribution in [0.5, 0.6) is 0 Å². The molecule has 2 heterocycles. The van der Waals surface area contributed by atoms with Gasteiger partial charge in [0.2, 0.25) is 5.91 Å². The summed E-state index contributed by atoms with van der Waals surface area (Å²) in [6.45, 7) is 5.63. The number of hydrogen-bond donors (Lipinski definition) is 1. The molecule has 0 bridgehead atoms. The van der Waals surface area contributed by atoms with Crippen molar-refractivity contribution in [1.82, 2.24) is 24.5 Å². The molecule has 0 unspecified atom stereocenters. The zero-order valence-electron chi connectivity index (χ0n) is 15.8. The number of amides is 1. The van der Waals surface area contributed by atoms with Crippen LogP contribution in [0.1, 0.15) is 18.3 Å². The third-order valence-electron chi connectivity index (χ3n) is 4.36. The number of thioether (sulfide) groups is 1. The van der Waals surface area contributed by atoms with Gasteiger partial charge in [0.1, 0.15) is 0 Å². The van der Waals surface area contributed by atoms with Crippen molar-refractivity contribution in [2.24, 2.45) is 14.1 Å². The highest BCUT2D eigenvalue weighted by Crippen LogP contribution is 2.30. The molecule has 0 aliphatic rings. The predicted molar refractivity (Wildman–Crippen MR) is 108 cm³/mol. The van der Waals surface area contributed by atoms with Gasteiger partial charge in [0.25, 0.3) is 0 Å². The van der Waals surface area contributed by atoms with Gasteiger partial charge in [-0.1, -0.05) is 35.5 Å². The van der Waals surface area contributed by atoms with Crippen LogP contribution >= 0.6 is 23.4 Å². The van der Waals surface area contributed by atoms with Gasteiger partial charge in [0.15, 0.2) is 11.0 Å². The maximum atomic E-state index is 12.6. The topological polar surface area (TPSA) is 77.6 Å². The highest BCUT2D eigenvalue weighted by atomic mass is 35.5. The molecule has 2 aromatic heterocycles. The molecule has 1 atom stereocenters. The summed E-state index contributed by atoms with van der Waals surface area (Å²) in [6, 6.07) is 7.47. The Labute approximate surface area is 167 Å². The standard InChI is InChI=1S/C18H21ClN6OS/c1-10-15(11(2)25(5)23-10)20-17(26)12(3)27-18-22-21-16(24(18)4)13-8-6-7-9-14(13)19/h6-9,12H,1-5H3,(H,20,26)/t12-/m1/s1. The first-order chi connectivity index (χ1) is 12.8. The summed E-state index contributed by atoms with van der Waals surface area (Å²) in [6.07, 6.45) is 0. The van der Waals surface area contributed by atoms with E-state index in [4.69, 9.17) is 11.6 Å². The molecule has 27 heavy (non-hydrogen) atoms. The summed E-state index contributed by atoms with van der Waals surface area (Å²) < 4.78 is 3.59. The molecule has 3 aromatic rings. The van der Waals surface area contributed by atoms with E-state index in [1.807, 2.05) is 63.7 Å². The van der Waals surface area contributed by atoms with E-state index in [9.17, 15) is 4.79 Å². The SMILES string of the molecule is Cc1nn(C)c(C)c1NC(=O)[C@@H](C)Sc1nnc(-c2ccccc2Cl)n1C. The molecule has 0 fully saturated rings. The van der Waals surface area contributed by atoms with Gasteiger partial charge in [-0.3, -0.25) is 9.48 Å². The fraction of sp³-hybridized carbons (Fsp3) is 0.333. The molecule has 0 aliphatic heterocycles. The third-order valence-corrected chi connectivity index (χ3v) is 5.82. The van der Waals surface area contributed by atoms with Crippen molar-refractivity contribution in [3.63, 3.8) is 0 Å². The number of aryl methyl sites for hydroxylation is 2. The molecule has 9 heteroatoms. The molecule has 7 nitrogen and oxygen atoms in total. The Balaban J connectivity index is 1.76. The van der Waals surface area contributed by atoms with Gasteiger partial charge >= 0.3 is 0 Å². The highest BCUT2D eigenvalue weighted by molar-refractivity contribution is 8.00. The molecule has 1 aromatic carbocycles. The number of carbonyl (C=O) groups is 1. The van der Waals surface area contributed by atoms with Gasteiger partial charge in [-0.15, -0.1) is 10.2 Å². The Morgan fingerprint density at radius 3 is 2.56 bits per heavy atom. The third kappa shape index (κ3) is 3.86. The molecule has 3 rings (SSSR count). The van der Waals surface area contributed by atoms with E-state index in [-0.39, 0.29) is 11.2 Å². The van der Waals surface area contributed by atoms with E-state index in [1.54, 1.807) is 4.68 Å². The van der Waals surface area contributed by atoms with Crippen LogP contribution in [-0.2, 0) is 18.9 Å². The lowest BCUT2D eigenvalue weighted by Crippen LogP contribution is -2.23. The largest absolute Gasteiger partial charge is 0.322 e. The monoisotopic (exact) mass is 404 g/mol. The maximum Gasteiger partial charge on any atom is 0.237 e. The van der Waals surface area contributed by atoms with Crippen LogP contribution in [0, 0.1) is 13.8 Å². The van der Waals surface area contributed by atoms with Crippen LogP contribution in [0.4, 0.5) is 5.69 Å². The number of halogens is 1. The number of carbonyl (C=O) groups excluding carboxylic acids is 1. The average Bonchev–Trinajstić information content (AvgIpc) is 3.10. The average molecular weight is 405 g/mol. The molecule has 142 valence electrons. The molecule has 1 N–H and O–H groups in total. The Morgan fingerprint density at radius 2 is 1.93 bits per heavy atom. The van der Waals surface area contributed by atoms with E-state index in [1.165, 1.54) is 11.8 Å². The predicted octanol–water partition coefficient (Wildman–Crippen LogP) is 3.61. The number of rotatable bonds is 5. The van der Waals surface area contributed by atoms with Crippen molar-refractivity contribution in [3.8, 4) is 11.4 Å². The van der Waals surface area contributed by atoms with Crippen LogP contribution in [0.3, 0.4) is 0 Å². The number of nitrogens with zero attached hydrogens (tertiary/aromatic N) is 5. The Morgan fingerprint density at radius 1 is 1.22 bits per heavy atom. The Kier molecular flexibility index (Phi) is 5.57. The van der Waals surface area contributed by atoms with Crippen molar-refractivity contribution < 1.29 is 4.79 Å². The molecule has 0 saturated heterocycles.